The van der Waals surface area contributed by atoms with E-state index in [0.29, 0.717) is 32.6 Å². The molecule has 0 saturated carbocycles. The molecule has 7 heteroatoms. The molecule has 4 rings (SSSR count). The van der Waals surface area contributed by atoms with E-state index in [2.05, 4.69) is 10.3 Å². The van der Waals surface area contributed by atoms with Gasteiger partial charge in [-0.1, -0.05) is 23.4 Å². The van der Waals surface area contributed by atoms with Gasteiger partial charge in [0, 0.05) is 19.5 Å². The SMILES string of the molecule is O=C(CCCOc1ccccc1)N1CC[C@@H]2OCc3cnnn3[C@@H]2C1. The highest BCUT2D eigenvalue weighted by Crippen LogP contribution is 2.30. The number of carbonyl (C=O) groups is 1. The maximum atomic E-state index is 12.5. The van der Waals surface area contributed by atoms with Crippen LogP contribution in [-0.2, 0) is 16.1 Å². The van der Waals surface area contributed by atoms with E-state index in [1.165, 1.54) is 0 Å². The minimum atomic E-state index is 0.0736. The number of aromatic nitrogens is 3. The monoisotopic (exact) mass is 342 g/mol. The van der Waals surface area contributed by atoms with Gasteiger partial charge in [0.05, 0.1) is 37.3 Å². The number of nitrogens with zero attached hydrogens (tertiary/aromatic N) is 4. The first kappa shape index (κ1) is 16.1. The molecule has 1 aromatic carbocycles. The van der Waals surface area contributed by atoms with Crippen molar-refractivity contribution in [2.24, 2.45) is 0 Å². The van der Waals surface area contributed by atoms with Crippen molar-refractivity contribution in [1.82, 2.24) is 19.9 Å². The molecule has 1 amide bonds. The fourth-order valence-corrected chi connectivity index (χ4v) is 3.49. The van der Waals surface area contributed by atoms with E-state index in [9.17, 15) is 4.79 Å². The van der Waals surface area contributed by atoms with Gasteiger partial charge >= 0.3 is 0 Å². The Bertz CT molecular complexity index is 718. The van der Waals surface area contributed by atoms with Crippen molar-refractivity contribution in [2.45, 2.75) is 38.0 Å². The topological polar surface area (TPSA) is 69.5 Å². The van der Waals surface area contributed by atoms with Crippen LogP contribution in [0.2, 0.25) is 0 Å². The summed E-state index contributed by atoms with van der Waals surface area (Å²) in [6.07, 6.45) is 3.91. The lowest BCUT2D eigenvalue weighted by atomic mass is 10.00. The quantitative estimate of drug-likeness (QED) is 0.775. The minimum absolute atomic E-state index is 0.0736. The Kier molecular flexibility index (Phi) is 4.65. The second-order valence-electron chi connectivity index (χ2n) is 6.48. The first-order chi connectivity index (χ1) is 12.3. The predicted molar refractivity (Wildman–Crippen MR) is 90.0 cm³/mol. The molecule has 0 aliphatic carbocycles. The van der Waals surface area contributed by atoms with Crippen LogP contribution in [0, 0.1) is 0 Å². The van der Waals surface area contributed by atoms with Crippen molar-refractivity contribution in [3.63, 3.8) is 0 Å². The fourth-order valence-electron chi connectivity index (χ4n) is 3.49. The van der Waals surface area contributed by atoms with E-state index >= 15 is 0 Å². The molecule has 1 fully saturated rings. The molecule has 1 aromatic heterocycles. The first-order valence-electron chi connectivity index (χ1n) is 8.77. The average molecular weight is 342 g/mol. The van der Waals surface area contributed by atoms with Crippen molar-refractivity contribution < 1.29 is 14.3 Å². The van der Waals surface area contributed by atoms with E-state index in [1.54, 1.807) is 6.20 Å². The summed E-state index contributed by atoms with van der Waals surface area (Å²) < 4.78 is 13.5. The summed E-state index contributed by atoms with van der Waals surface area (Å²) in [5.41, 5.74) is 0.979. The number of hydrogen-bond acceptors (Lipinski definition) is 5. The highest BCUT2D eigenvalue weighted by Gasteiger charge is 2.37. The van der Waals surface area contributed by atoms with Crippen LogP contribution in [0.25, 0.3) is 0 Å². The van der Waals surface area contributed by atoms with Gasteiger partial charge in [0.1, 0.15) is 5.75 Å². The summed E-state index contributed by atoms with van der Waals surface area (Å²) in [7, 11) is 0. The van der Waals surface area contributed by atoms with Gasteiger partial charge in [-0.2, -0.15) is 0 Å². The zero-order valence-corrected chi connectivity index (χ0v) is 14.1. The number of hydrogen-bond donors (Lipinski definition) is 0. The number of amides is 1. The van der Waals surface area contributed by atoms with Crippen LogP contribution in [0.4, 0.5) is 0 Å². The van der Waals surface area contributed by atoms with E-state index < -0.39 is 0 Å². The molecule has 1 saturated heterocycles. The van der Waals surface area contributed by atoms with Crippen LogP contribution in [0.1, 0.15) is 31.0 Å². The van der Waals surface area contributed by atoms with Gasteiger partial charge in [0.15, 0.2) is 0 Å². The van der Waals surface area contributed by atoms with E-state index in [0.717, 1.165) is 24.4 Å². The Morgan fingerprint density at radius 1 is 1.32 bits per heavy atom. The van der Waals surface area contributed by atoms with Crippen LogP contribution in [0.15, 0.2) is 36.5 Å². The molecule has 0 unspecified atom stereocenters. The van der Waals surface area contributed by atoms with Gasteiger partial charge in [-0.25, -0.2) is 4.68 Å². The zero-order chi connectivity index (χ0) is 17.1. The van der Waals surface area contributed by atoms with Gasteiger partial charge in [-0.15, -0.1) is 5.10 Å². The predicted octanol–water partition coefficient (Wildman–Crippen LogP) is 1.81. The third-order valence-electron chi connectivity index (χ3n) is 4.83. The van der Waals surface area contributed by atoms with Crippen molar-refractivity contribution in [2.75, 3.05) is 19.7 Å². The third-order valence-corrected chi connectivity index (χ3v) is 4.83. The van der Waals surface area contributed by atoms with E-state index in [1.807, 2.05) is 39.9 Å². The van der Waals surface area contributed by atoms with Crippen LogP contribution in [-0.4, -0.2) is 51.6 Å². The number of likely N-dealkylation sites (tertiary alicyclic amines) is 1. The molecule has 0 spiro atoms. The molecule has 2 aromatic rings. The normalized spacial score (nSPS) is 22.2. The lowest BCUT2D eigenvalue weighted by Gasteiger charge is -2.41. The van der Waals surface area contributed by atoms with Crippen molar-refractivity contribution in [3.05, 3.63) is 42.2 Å². The Hall–Kier alpha value is -2.41. The second kappa shape index (κ2) is 7.23. The van der Waals surface area contributed by atoms with Crippen LogP contribution in [0.3, 0.4) is 0 Å². The molecule has 0 radical (unpaired) electrons. The Morgan fingerprint density at radius 3 is 3.08 bits per heavy atom. The van der Waals surface area contributed by atoms with Gasteiger partial charge < -0.3 is 14.4 Å². The highest BCUT2D eigenvalue weighted by molar-refractivity contribution is 5.76. The second-order valence-corrected chi connectivity index (χ2v) is 6.48. The van der Waals surface area contributed by atoms with Gasteiger partial charge in [0.25, 0.3) is 0 Å². The molecule has 3 heterocycles. The number of para-hydroxylation sites is 1. The number of carbonyl (C=O) groups excluding carboxylic acids is 1. The lowest BCUT2D eigenvalue weighted by Crippen LogP contribution is -2.49. The van der Waals surface area contributed by atoms with Gasteiger partial charge in [0.2, 0.25) is 5.91 Å². The van der Waals surface area contributed by atoms with Crippen molar-refractivity contribution in [3.8, 4) is 5.75 Å². The molecule has 0 N–H and O–H groups in total. The van der Waals surface area contributed by atoms with Crippen LogP contribution in [0.5, 0.6) is 5.75 Å². The number of rotatable bonds is 5. The smallest absolute Gasteiger partial charge is 0.222 e. The number of ether oxygens (including phenoxy) is 2. The zero-order valence-electron chi connectivity index (χ0n) is 14.1. The highest BCUT2D eigenvalue weighted by atomic mass is 16.5. The molecular formula is C18H22N4O3. The number of fused-ring (bicyclic) bond motifs is 3. The standard InChI is InChI=1S/C18H22N4O3/c23-18(7-4-10-24-15-5-2-1-3-6-15)21-9-8-17-16(12-21)22-14(13-25-17)11-19-20-22/h1-3,5-6,11,16-17H,4,7-10,12-13H2/t16-,17+/m1/s1. The summed E-state index contributed by atoms with van der Waals surface area (Å²) in [5.74, 6) is 1.01. The molecule has 25 heavy (non-hydrogen) atoms. The van der Waals surface area contributed by atoms with Gasteiger partial charge in [-0.3, -0.25) is 4.79 Å². The molecule has 2 aliphatic heterocycles. The number of benzene rings is 1. The molecular weight excluding hydrogens is 320 g/mol. The molecule has 0 bridgehead atoms. The molecule has 2 atom stereocenters. The summed E-state index contributed by atoms with van der Waals surface area (Å²) in [6, 6.07) is 9.75. The number of piperidine rings is 1. The maximum Gasteiger partial charge on any atom is 0.222 e. The lowest BCUT2D eigenvalue weighted by molar-refractivity contribution is -0.138. The summed E-state index contributed by atoms with van der Waals surface area (Å²) in [5, 5.41) is 8.14. The fraction of sp³-hybridized carbons (Fsp3) is 0.500. The molecule has 2 aliphatic rings. The van der Waals surface area contributed by atoms with E-state index in [-0.39, 0.29) is 18.1 Å². The molecule has 132 valence electrons. The first-order valence-corrected chi connectivity index (χ1v) is 8.77. The Morgan fingerprint density at radius 2 is 2.20 bits per heavy atom. The average Bonchev–Trinajstić information content (AvgIpc) is 3.15. The third kappa shape index (κ3) is 3.51. The van der Waals surface area contributed by atoms with E-state index in [4.69, 9.17) is 9.47 Å². The summed E-state index contributed by atoms with van der Waals surface area (Å²) in [4.78, 5) is 14.4. The maximum absolute atomic E-state index is 12.5. The largest absolute Gasteiger partial charge is 0.494 e. The summed E-state index contributed by atoms with van der Waals surface area (Å²) in [6.45, 7) is 2.48. The summed E-state index contributed by atoms with van der Waals surface area (Å²) >= 11 is 0. The van der Waals surface area contributed by atoms with Gasteiger partial charge in [-0.05, 0) is 25.0 Å². The van der Waals surface area contributed by atoms with Crippen molar-refractivity contribution in [1.29, 1.82) is 0 Å². The van der Waals surface area contributed by atoms with Crippen LogP contribution >= 0.6 is 0 Å². The molecule has 7 nitrogen and oxygen atoms in total. The Labute approximate surface area is 146 Å². The van der Waals surface area contributed by atoms with Crippen molar-refractivity contribution >= 4 is 5.91 Å². The minimum Gasteiger partial charge on any atom is -0.494 e. The van der Waals surface area contributed by atoms with Crippen LogP contribution < -0.4 is 4.74 Å². The Balaban J connectivity index is 1.27.